The van der Waals surface area contributed by atoms with Gasteiger partial charge in [-0.2, -0.15) is 0 Å². The van der Waals surface area contributed by atoms with Crippen LogP contribution in [0.1, 0.15) is 44.9 Å². The Labute approximate surface area is 186 Å². The maximum absolute atomic E-state index is 13.2. The number of carboxylic acids is 1. The van der Waals surface area contributed by atoms with Crippen molar-refractivity contribution in [2.24, 2.45) is 17.2 Å². The summed E-state index contributed by atoms with van der Waals surface area (Å²) in [5, 5.41) is 23.0. The largest absolute Gasteiger partial charge is 0.480 e. The summed E-state index contributed by atoms with van der Waals surface area (Å²) in [7, 11) is 0. The van der Waals surface area contributed by atoms with Gasteiger partial charge in [-0.15, -0.1) is 0 Å². The molecular formula is C19H34N6O7. The quantitative estimate of drug-likeness (QED) is 0.129. The summed E-state index contributed by atoms with van der Waals surface area (Å²) in [5.41, 5.74) is 16.4. The molecule has 4 atom stereocenters. The number of aliphatic carboxylic acids is 1. The molecule has 0 radical (unpaired) electrons. The van der Waals surface area contributed by atoms with E-state index in [-0.39, 0.29) is 25.8 Å². The fraction of sp³-hybridized carbons (Fsp3) is 0.737. The summed E-state index contributed by atoms with van der Waals surface area (Å²) in [6.07, 6.45) is 2.21. The molecule has 1 aliphatic rings. The highest BCUT2D eigenvalue weighted by Gasteiger charge is 2.38. The maximum Gasteiger partial charge on any atom is 0.328 e. The minimum Gasteiger partial charge on any atom is -0.480 e. The number of rotatable bonds is 14. The smallest absolute Gasteiger partial charge is 0.328 e. The Morgan fingerprint density at radius 3 is 2.31 bits per heavy atom. The van der Waals surface area contributed by atoms with Crippen LogP contribution in [-0.2, 0) is 24.0 Å². The number of unbranched alkanes of at least 4 members (excludes halogenated alkanes) is 1. The summed E-state index contributed by atoms with van der Waals surface area (Å²) in [6, 6.07) is -4.40. The second-order valence-corrected chi connectivity index (χ2v) is 7.73. The van der Waals surface area contributed by atoms with Crippen LogP contribution < -0.4 is 27.8 Å². The van der Waals surface area contributed by atoms with E-state index >= 15 is 0 Å². The van der Waals surface area contributed by atoms with Crippen LogP contribution >= 0.6 is 0 Å². The van der Waals surface area contributed by atoms with Gasteiger partial charge in [-0.3, -0.25) is 19.2 Å². The third-order valence-electron chi connectivity index (χ3n) is 5.24. The SMILES string of the molecule is NCCCCC(NC(=O)C(N)CCC(N)=O)C(=O)N1CCCC1C(=O)NC(CO)C(=O)O. The lowest BCUT2D eigenvalue weighted by Crippen LogP contribution is -2.57. The van der Waals surface area contributed by atoms with E-state index in [9.17, 15) is 24.0 Å². The minimum absolute atomic E-state index is 0.0252. The molecule has 10 N–H and O–H groups in total. The summed E-state index contributed by atoms with van der Waals surface area (Å²) >= 11 is 0. The van der Waals surface area contributed by atoms with Crippen LogP contribution in [-0.4, -0.2) is 88.6 Å². The predicted octanol–water partition coefficient (Wildman–Crippen LogP) is -3.25. The van der Waals surface area contributed by atoms with Gasteiger partial charge in [0.05, 0.1) is 12.6 Å². The molecule has 4 unspecified atom stereocenters. The maximum atomic E-state index is 13.2. The van der Waals surface area contributed by atoms with Crippen molar-refractivity contribution in [3.63, 3.8) is 0 Å². The number of aliphatic hydroxyl groups is 1. The van der Waals surface area contributed by atoms with Crippen molar-refractivity contribution in [3.8, 4) is 0 Å². The number of carbonyl (C=O) groups is 5. The minimum atomic E-state index is -1.48. The molecule has 1 heterocycles. The van der Waals surface area contributed by atoms with Crippen LogP contribution in [0.4, 0.5) is 0 Å². The Morgan fingerprint density at radius 1 is 1.06 bits per heavy atom. The van der Waals surface area contributed by atoms with Gasteiger partial charge in [-0.25, -0.2) is 4.79 Å². The van der Waals surface area contributed by atoms with Gasteiger partial charge in [0, 0.05) is 13.0 Å². The zero-order chi connectivity index (χ0) is 24.3. The fourth-order valence-electron chi connectivity index (χ4n) is 3.41. The molecule has 1 fully saturated rings. The van der Waals surface area contributed by atoms with Crippen molar-refractivity contribution in [3.05, 3.63) is 0 Å². The van der Waals surface area contributed by atoms with Crippen molar-refractivity contribution >= 4 is 29.6 Å². The Balaban J connectivity index is 2.89. The van der Waals surface area contributed by atoms with E-state index in [1.807, 2.05) is 0 Å². The number of amides is 4. The van der Waals surface area contributed by atoms with E-state index in [0.717, 1.165) is 0 Å². The zero-order valence-corrected chi connectivity index (χ0v) is 18.0. The first-order chi connectivity index (χ1) is 15.1. The first-order valence-corrected chi connectivity index (χ1v) is 10.6. The van der Waals surface area contributed by atoms with Crippen LogP contribution in [0.25, 0.3) is 0 Å². The van der Waals surface area contributed by atoms with Gasteiger partial charge >= 0.3 is 5.97 Å². The molecule has 0 aromatic carbocycles. The number of primary amides is 1. The lowest BCUT2D eigenvalue weighted by atomic mass is 10.1. The highest BCUT2D eigenvalue weighted by Crippen LogP contribution is 2.20. The Morgan fingerprint density at radius 2 is 1.75 bits per heavy atom. The summed E-state index contributed by atoms with van der Waals surface area (Å²) in [5.74, 6) is -3.80. The standard InChI is InChI=1S/C19H34N6O7/c20-8-2-1-4-12(23-16(28)11(21)6-7-15(22)27)18(30)25-9-3-5-14(25)17(29)24-13(10-26)19(31)32/h11-14,26H,1-10,20-21H2,(H2,22,27)(H,23,28)(H,24,29)(H,31,32). The number of carbonyl (C=O) groups excluding carboxylic acids is 4. The molecule has 32 heavy (non-hydrogen) atoms. The van der Waals surface area contributed by atoms with Crippen LogP contribution in [0.15, 0.2) is 0 Å². The molecule has 1 aliphatic heterocycles. The van der Waals surface area contributed by atoms with Gasteiger partial charge in [0.2, 0.25) is 23.6 Å². The van der Waals surface area contributed by atoms with Crippen molar-refractivity contribution in [2.45, 2.75) is 69.1 Å². The molecule has 0 spiro atoms. The van der Waals surface area contributed by atoms with E-state index in [1.165, 1.54) is 4.90 Å². The van der Waals surface area contributed by atoms with Gasteiger partial charge in [-0.1, -0.05) is 0 Å². The number of nitrogens with two attached hydrogens (primary N) is 3. The van der Waals surface area contributed by atoms with Crippen LogP contribution in [0.3, 0.4) is 0 Å². The molecule has 0 bridgehead atoms. The number of likely N-dealkylation sites (tertiary alicyclic amines) is 1. The van der Waals surface area contributed by atoms with Gasteiger partial charge < -0.3 is 42.9 Å². The molecule has 13 nitrogen and oxygen atoms in total. The van der Waals surface area contributed by atoms with Gasteiger partial charge in [0.25, 0.3) is 0 Å². The summed E-state index contributed by atoms with van der Waals surface area (Å²) in [4.78, 5) is 61.5. The van der Waals surface area contributed by atoms with Crippen molar-refractivity contribution in [1.29, 1.82) is 0 Å². The normalized spacial score (nSPS) is 18.5. The van der Waals surface area contributed by atoms with E-state index in [0.29, 0.717) is 32.2 Å². The van der Waals surface area contributed by atoms with Crippen LogP contribution in [0.2, 0.25) is 0 Å². The summed E-state index contributed by atoms with van der Waals surface area (Å²) in [6.45, 7) is -0.132. The first-order valence-electron chi connectivity index (χ1n) is 10.6. The monoisotopic (exact) mass is 458 g/mol. The second-order valence-electron chi connectivity index (χ2n) is 7.73. The Hall–Kier alpha value is -2.77. The molecule has 1 rings (SSSR count). The highest BCUT2D eigenvalue weighted by atomic mass is 16.4. The molecule has 0 aromatic rings. The average Bonchev–Trinajstić information content (AvgIpc) is 3.24. The van der Waals surface area contributed by atoms with E-state index in [1.54, 1.807) is 0 Å². The third-order valence-corrected chi connectivity index (χ3v) is 5.24. The van der Waals surface area contributed by atoms with E-state index in [4.69, 9.17) is 27.4 Å². The molecule has 0 aromatic heterocycles. The van der Waals surface area contributed by atoms with E-state index in [2.05, 4.69) is 10.6 Å². The number of hydrogen-bond donors (Lipinski definition) is 7. The van der Waals surface area contributed by atoms with Crippen molar-refractivity contribution in [1.82, 2.24) is 15.5 Å². The number of aliphatic hydroxyl groups excluding tert-OH is 1. The molecule has 1 saturated heterocycles. The Bertz CT molecular complexity index is 689. The molecule has 0 aliphatic carbocycles. The van der Waals surface area contributed by atoms with Crippen LogP contribution in [0.5, 0.6) is 0 Å². The van der Waals surface area contributed by atoms with E-state index < -0.39 is 60.4 Å². The average molecular weight is 459 g/mol. The molecular weight excluding hydrogens is 424 g/mol. The number of hydrogen-bond acceptors (Lipinski definition) is 8. The van der Waals surface area contributed by atoms with Gasteiger partial charge in [-0.05, 0) is 45.1 Å². The summed E-state index contributed by atoms with van der Waals surface area (Å²) < 4.78 is 0. The number of nitrogens with zero attached hydrogens (tertiary/aromatic N) is 1. The molecule has 13 heteroatoms. The van der Waals surface area contributed by atoms with Gasteiger partial charge in [0.1, 0.15) is 18.1 Å². The highest BCUT2D eigenvalue weighted by molar-refractivity contribution is 5.94. The number of carboxylic acid groups (broad SMARTS) is 1. The first kappa shape index (κ1) is 27.3. The second kappa shape index (κ2) is 13.6. The Kier molecular flexibility index (Phi) is 11.6. The van der Waals surface area contributed by atoms with Gasteiger partial charge in [0.15, 0.2) is 0 Å². The topological polar surface area (TPSA) is 231 Å². The fourth-order valence-corrected chi connectivity index (χ4v) is 3.41. The zero-order valence-electron chi connectivity index (χ0n) is 18.0. The van der Waals surface area contributed by atoms with Crippen molar-refractivity contribution < 1.29 is 34.2 Å². The number of nitrogens with one attached hydrogen (secondary N) is 2. The molecule has 4 amide bonds. The van der Waals surface area contributed by atoms with Crippen molar-refractivity contribution in [2.75, 3.05) is 19.7 Å². The molecule has 0 saturated carbocycles. The van der Waals surface area contributed by atoms with Crippen LogP contribution in [0, 0.1) is 0 Å². The third kappa shape index (κ3) is 8.40. The lowest BCUT2D eigenvalue weighted by Gasteiger charge is -2.30. The predicted molar refractivity (Wildman–Crippen MR) is 113 cm³/mol. The molecule has 182 valence electrons. The lowest BCUT2D eigenvalue weighted by molar-refractivity contribution is -0.145.